The van der Waals surface area contributed by atoms with Gasteiger partial charge in [-0.2, -0.15) is 0 Å². The molecule has 1 atom stereocenters. The highest BCUT2D eigenvalue weighted by Crippen LogP contribution is 2.23. The molecule has 40 heavy (non-hydrogen) atoms. The van der Waals surface area contributed by atoms with E-state index in [2.05, 4.69) is 26.4 Å². The van der Waals surface area contributed by atoms with Crippen molar-refractivity contribution in [1.82, 2.24) is 26.4 Å². The highest BCUT2D eigenvalue weighted by Gasteiger charge is 2.27. The second-order valence-electron chi connectivity index (χ2n) is 10.1. The van der Waals surface area contributed by atoms with Crippen LogP contribution in [0, 0.1) is 18.6 Å². The molecule has 3 rings (SSSR count). The summed E-state index contributed by atoms with van der Waals surface area (Å²) >= 11 is 0. The van der Waals surface area contributed by atoms with Gasteiger partial charge >= 0.3 is 0 Å². The number of nitrogens with one attached hydrogen (secondary N) is 4. The lowest BCUT2D eigenvalue weighted by molar-refractivity contribution is -0.128. The maximum Gasteiger partial charge on any atom is 0.274 e. The van der Waals surface area contributed by atoms with Crippen LogP contribution in [0.15, 0.2) is 53.1 Å². The van der Waals surface area contributed by atoms with Gasteiger partial charge in [-0.1, -0.05) is 23.4 Å². The number of nitrogens with zero attached hydrogens (tertiary/aromatic N) is 1. The summed E-state index contributed by atoms with van der Waals surface area (Å²) in [7, 11) is 0. The topological polar surface area (TPSA) is 142 Å². The van der Waals surface area contributed by atoms with Gasteiger partial charge in [0.05, 0.1) is 12.0 Å². The molecular weight excluding hydrogens is 524 g/mol. The minimum atomic E-state index is -1.25. The summed E-state index contributed by atoms with van der Waals surface area (Å²) in [4.78, 5) is 50.5. The van der Waals surface area contributed by atoms with Gasteiger partial charge in [-0.25, -0.2) is 8.78 Å². The second-order valence-corrected chi connectivity index (χ2v) is 10.1. The molecule has 10 nitrogen and oxygen atoms in total. The molecule has 0 fully saturated rings. The molecule has 4 amide bonds. The van der Waals surface area contributed by atoms with E-state index in [0.717, 1.165) is 6.07 Å². The Morgan fingerprint density at radius 3 is 2.27 bits per heavy atom. The Kier molecular flexibility index (Phi) is 9.70. The predicted molar refractivity (Wildman–Crippen MR) is 142 cm³/mol. The molecule has 0 spiro atoms. The number of carbonyl (C=O) groups is 4. The van der Waals surface area contributed by atoms with E-state index in [1.165, 1.54) is 36.4 Å². The largest absolute Gasteiger partial charge is 0.361 e. The van der Waals surface area contributed by atoms with Crippen molar-refractivity contribution in [3.05, 3.63) is 77.2 Å². The van der Waals surface area contributed by atoms with Gasteiger partial charge in [-0.3, -0.25) is 19.2 Å². The maximum absolute atomic E-state index is 14.4. The van der Waals surface area contributed by atoms with Crippen LogP contribution in [0.5, 0.6) is 0 Å². The van der Waals surface area contributed by atoms with Crippen LogP contribution in [0.4, 0.5) is 8.78 Å². The number of hydrogen-bond donors (Lipinski definition) is 4. The van der Waals surface area contributed by atoms with E-state index in [0.29, 0.717) is 16.9 Å². The summed E-state index contributed by atoms with van der Waals surface area (Å²) < 4.78 is 32.8. The van der Waals surface area contributed by atoms with Crippen LogP contribution >= 0.6 is 0 Å². The number of benzene rings is 2. The predicted octanol–water partition coefficient (Wildman–Crippen LogP) is 2.88. The van der Waals surface area contributed by atoms with Crippen LogP contribution in [0.25, 0.3) is 11.1 Å². The SMILES string of the molecule is Cc1cc(C(=O)N[C@@H](CC(=O)NC(C)(C)C)C(=O)NCCNC(=O)c2cc(-c3cccc(F)c3)ccc2F)no1. The van der Waals surface area contributed by atoms with Crippen molar-refractivity contribution in [2.24, 2.45) is 0 Å². The molecule has 0 saturated carbocycles. The van der Waals surface area contributed by atoms with Crippen molar-refractivity contribution in [3.8, 4) is 11.1 Å². The summed E-state index contributed by atoms with van der Waals surface area (Å²) in [6, 6.07) is 9.68. The minimum Gasteiger partial charge on any atom is -0.361 e. The lowest BCUT2D eigenvalue weighted by Gasteiger charge is -2.23. The number of halogens is 2. The molecule has 0 unspecified atom stereocenters. The Morgan fingerprint density at radius 1 is 0.925 bits per heavy atom. The summed E-state index contributed by atoms with van der Waals surface area (Å²) in [6.45, 7) is 6.77. The third-order valence-electron chi connectivity index (χ3n) is 5.47. The van der Waals surface area contributed by atoms with Gasteiger partial charge in [0.2, 0.25) is 11.8 Å². The van der Waals surface area contributed by atoms with Gasteiger partial charge in [-0.15, -0.1) is 0 Å². The first-order chi connectivity index (χ1) is 18.8. The molecule has 0 aliphatic carbocycles. The van der Waals surface area contributed by atoms with Crippen LogP contribution in [0.1, 0.15) is 53.8 Å². The van der Waals surface area contributed by atoms with Crippen LogP contribution in [0.2, 0.25) is 0 Å². The summed E-state index contributed by atoms with van der Waals surface area (Å²) in [5.41, 5.74) is 0.0670. The number of aryl methyl sites for hydroxylation is 1. The molecule has 0 radical (unpaired) electrons. The molecule has 0 bridgehead atoms. The van der Waals surface area contributed by atoms with E-state index in [1.54, 1.807) is 33.8 Å². The van der Waals surface area contributed by atoms with E-state index in [1.807, 2.05) is 0 Å². The minimum absolute atomic E-state index is 0.0544. The Morgan fingerprint density at radius 2 is 1.62 bits per heavy atom. The van der Waals surface area contributed by atoms with E-state index in [-0.39, 0.29) is 30.8 Å². The molecule has 0 aliphatic heterocycles. The third kappa shape index (κ3) is 8.72. The molecular formula is C28H31F2N5O5. The van der Waals surface area contributed by atoms with Crippen LogP contribution < -0.4 is 21.3 Å². The lowest BCUT2D eigenvalue weighted by atomic mass is 10.0. The lowest BCUT2D eigenvalue weighted by Crippen LogP contribution is -2.51. The van der Waals surface area contributed by atoms with E-state index in [4.69, 9.17) is 4.52 Å². The smallest absolute Gasteiger partial charge is 0.274 e. The van der Waals surface area contributed by atoms with Gasteiger partial charge in [0.15, 0.2) is 5.69 Å². The molecule has 1 heterocycles. The summed E-state index contributed by atoms with van der Waals surface area (Å²) in [5.74, 6) is -3.42. The Balaban J connectivity index is 1.60. The highest BCUT2D eigenvalue weighted by atomic mass is 19.1. The van der Waals surface area contributed by atoms with Gasteiger partial charge in [0.1, 0.15) is 23.4 Å². The molecule has 2 aromatic carbocycles. The molecule has 3 aromatic rings. The monoisotopic (exact) mass is 555 g/mol. The van der Waals surface area contributed by atoms with Crippen molar-refractivity contribution in [2.45, 2.75) is 45.7 Å². The molecule has 212 valence electrons. The standard InChI is InChI=1S/C28H31F2N5O5/c1-16-12-23(35-40-16)27(39)33-22(15-24(36)34-28(2,3)4)26(38)32-11-10-31-25(37)20-14-18(8-9-21(20)30)17-6-5-7-19(29)13-17/h5-9,12-14,22H,10-11,15H2,1-4H3,(H,31,37)(H,32,38)(H,33,39)(H,34,36)/t22-/m0/s1. The fourth-order valence-corrected chi connectivity index (χ4v) is 3.70. The Bertz CT molecular complexity index is 1400. The zero-order valence-electron chi connectivity index (χ0n) is 22.6. The highest BCUT2D eigenvalue weighted by molar-refractivity contribution is 5.98. The molecule has 4 N–H and O–H groups in total. The van der Waals surface area contributed by atoms with Crippen LogP contribution in [-0.4, -0.2) is 53.5 Å². The molecule has 0 aliphatic rings. The van der Waals surface area contributed by atoms with Crippen molar-refractivity contribution in [1.29, 1.82) is 0 Å². The van der Waals surface area contributed by atoms with E-state index >= 15 is 0 Å². The Labute approximate surface area is 229 Å². The first-order valence-corrected chi connectivity index (χ1v) is 12.5. The van der Waals surface area contributed by atoms with Crippen molar-refractivity contribution < 1.29 is 32.5 Å². The zero-order valence-corrected chi connectivity index (χ0v) is 22.6. The zero-order chi connectivity index (χ0) is 29.4. The fourth-order valence-electron chi connectivity index (χ4n) is 3.70. The number of rotatable bonds is 10. The van der Waals surface area contributed by atoms with Crippen LogP contribution in [-0.2, 0) is 9.59 Å². The van der Waals surface area contributed by atoms with Crippen LogP contribution in [0.3, 0.4) is 0 Å². The van der Waals surface area contributed by atoms with Gasteiger partial charge in [0, 0.05) is 24.7 Å². The number of aromatic nitrogens is 1. The normalized spacial score (nSPS) is 11.8. The first kappa shape index (κ1) is 29.9. The van der Waals surface area contributed by atoms with Gasteiger partial charge < -0.3 is 25.8 Å². The van der Waals surface area contributed by atoms with Crippen molar-refractivity contribution in [3.63, 3.8) is 0 Å². The average Bonchev–Trinajstić information content (AvgIpc) is 3.31. The van der Waals surface area contributed by atoms with Gasteiger partial charge in [-0.05, 0) is 63.1 Å². The average molecular weight is 556 g/mol. The first-order valence-electron chi connectivity index (χ1n) is 12.5. The molecule has 0 saturated heterocycles. The quantitative estimate of drug-likeness (QED) is 0.284. The van der Waals surface area contributed by atoms with Gasteiger partial charge in [0.25, 0.3) is 11.8 Å². The summed E-state index contributed by atoms with van der Waals surface area (Å²) in [5, 5.41) is 13.9. The van der Waals surface area contributed by atoms with E-state index < -0.39 is 46.8 Å². The van der Waals surface area contributed by atoms with Crippen molar-refractivity contribution in [2.75, 3.05) is 13.1 Å². The number of hydrogen-bond acceptors (Lipinski definition) is 6. The Hall–Kier alpha value is -4.61. The summed E-state index contributed by atoms with van der Waals surface area (Å²) in [6.07, 6.45) is -0.351. The molecule has 12 heteroatoms. The molecule has 1 aromatic heterocycles. The van der Waals surface area contributed by atoms with Crippen molar-refractivity contribution >= 4 is 23.6 Å². The van der Waals surface area contributed by atoms with E-state index in [9.17, 15) is 28.0 Å². The fraction of sp³-hybridized carbons (Fsp3) is 0.321. The number of carbonyl (C=O) groups excluding carboxylic acids is 4. The second kappa shape index (κ2) is 13.0. The number of amides is 4. The third-order valence-corrected chi connectivity index (χ3v) is 5.47. The maximum atomic E-state index is 14.4.